The molecule has 1 heterocycles. The number of cyclic esters (lactones) is 1. The summed E-state index contributed by atoms with van der Waals surface area (Å²) in [6.45, 7) is 5.97. The molecule has 1 aliphatic heterocycles. The second-order valence-corrected chi connectivity index (χ2v) is 5.55. The first-order valence-corrected chi connectivity index (χ1v) is 6.97. The van der Waals surface area contributed by atoms with Gasteiger partial charge in [-0.25, -0.2) is 0 Å². The maximum absolute atomic E-state index is 12.4. The Morgan fingerprint density at radius 2 is 2.25 bits per heavy atom. The van der Waals surface area contributed by atoms with E-state index in [-0.39, 0.29) is 12.5 Å². The van der Waals surface area contributed by atoms with Crippen LogP contribution in [0.15, 0.2) is 11.1 Å². The van der Waals surface area contributed by atoms with Crippen LogP contribution in [0.5, 0.6) is 0 Å². The van der Waals surface area contributed by atoms with Crippen molar-refractivity contribution in [3.8, 4) is 12.3 Å². The molecular formula is C16H20O4. The number of hydrogen-bond donors (Lipinski definition) is 0. The predicted octanol–water partition coefficient (Wildman–Crippen LogP) is 2.23. The van der Waals surface area contributed by atoms with E-state index in [2.05, 4.69) is 5.92 Å². The van der Waals surface area contributed by atoms with Gasteiger partial charge in [0, 0.05) is 12.3 Å². The van der Waals surface area contributed by atoms with Crippen LogP contribution in [-0.2, 0) is 19.1 Å². The number of allylic oxidation sites excluding steroid dienone is 1. The molecule has 0 radical (unpaired) electrons. The molecule has 0 N–H and O–H groups in total. The highest BCUT2D eigenvalue weighted by molar-refractivity contribution is 6.03. The topological polar surface area (TPSA) is 52.6 Å². The molecule has 20 heavy (non-hydrogen) atoms. The molecule has 1 saturated heterocycles. The second-order valence-electron chi connectivity index (χ2n) is 5.55. The summed E-state index contributed by atoms with van der Waals surface area (Å²) >= 11 is 0. The Hall–Kier alpha value is -1.76. The van der Waals surface area contributed by atoms with Crippen molar-refractivity contribution in [2.45, 2.75) is 46.1 Å². The Labute approximate surface area is 119 Å². The number of terminal acetylenes is 1. The van der Waals surface area contributed by atoms with Crippen LogP contribution in [0.1, 0.15) is 40.0 Å². The Kier molecular flexibility index (Phi) is 3.89. The van der Waals surface area contributed by atoms with Gasteiger partial charge in [-0.2, -0.15) is 0 Å². The quantitative estimate of drug-likeness (QED) is 0.343. The van der Waals surface area contributed by atoms with Crippen LogP contribution in [0.25, 0.3) is 0 Å². The standard InChI is InChI=1S/C16H20O4/c1-5-7-12-13-11(10(3)4)8-9-16(13,15(18)20-12)14(17)19-6-2/h1,12-13H,6-9H2,2-4H3/t12-,13-,16-/m0/s1. The molecule has 1 saturated carbocycles. The zero-order valence-corrected chi connectivity index (χ0v) is 12.2. The minimum atomic E-state index is -1.18. The molecule has 108 valence electrons. The van der Waals surface area contributed by atoms with Crippen molar-refractivity contribution in [1.29, 1.82) is 0 Å². The van der Waals surface area contributed by atoms with E-state index in [0.29, 0.717) is 12.8 Å². The van der Waals surface area contributed by atoms with E-state index in [9.17, 15) is 9.59 Å². The van der Waals surface area contributed by atoms with Crippen LogP contribution in [0.3, 0.4) is 0 Å². The van der Waals surface area contributed by atoms with Gasteiger partial charge in [0.2, 0.25) is 0 Å². The Bertz CT molecular complexity index is 507. The van der Waals surface area contributed by atoms with Gasteiger partial charge in [0.25, 0.3) is 0 Å². The number of carbonyl (C=O) groups excluding carboxylic acids is 2. The molecule has 4 nitrogen and oxygen atoms in total. The van der Waals surface area contributed by atoms with Crippen LogP contribution in [0, 0.1) is 23.7 Å². The minimum absolute atomic E-state index is 0.255. The lowest BCUT2D eigenvalue weighted by molar-refractivity contribution is -0.165. The van der Waals surface area contributed by atoms with Crippen molar-refractivity contribution < 1.29 is 19.1 Å². The first-order chi connectivity index (χ1) is 9.48. The third kappa shape index (κ3) is 1.93. The predicted molar refractivity (Wildman–Crippen MR) is 73.5 cm³/mol. The van der Waals surface area contributed by atoms with Crippen molar-refractivity contribution in [2.75, 3.05) is 6.61 Å². The number of ether oxygens (including phenoxy) is 2. The van der Waals surface area contributed by atoms with Gasteiger partial charge in [-0.05, 0) is 33.6 Å². The van der Waals surface area contributed by atoms with Crippen molar-refractivity contribution in [1.82, 2.24) is 0 Å². The van der Waals surface area contributed by atoms with Gasteiger partial charge in [0.1, 0.15) is 6.10 Å². The molecule has 2 rings (SSSR count). The van der Waals surface area contributed by atoms with E-state index in [1.54, 1.807) is 6.92 Å². The van der Waals surface area contributed by atoms with E-state index in [0.717, 1.165) is 17.6 Å². The summed E-state index contributed by atoms with van der Waals surface area (Å²) in [5, 5.41) is 0. The highest BCUT2D eigenvalue weighted by atomic mass is 16.6. The molecule has 0 aromatic carbocycles. The summed E-state index contributed by atoms with van der Waals surface area (Å²) in [6, 6.07) is 0. The molecule has 2 aliphatic rings. The van der Waals surface area contributed by atoms with Crippen LogP contribution in [0.2, 0.25) is 0 Å². The smallest absolute Gasteiger partial charge is 0.324 e. The molecule has 0 aromatic heterocycles. The Morgan fingerprint density at radius 3 is 2.80 bits per heavy atom. The van der Waals surface area contributed by atoms with Crippen molar-refractivity contribution in [3.63, 3.8) is 0 Å². The summed E-state index contributed by atoms with van der Waals surface area (Å²) in [7, 11) is 0. The molecule has 0 amide bonds. The number of carbonyl (C=O) groups is 2. The first kappa shape index (κ1) is 14.6. The minimum Gasteiger partial charge on any atom is -0.465 e. The molecule has 0 aromatic rings. The fourth-order valence-electron chi connectivity index (χ4n) is 3.43. The van der Waals surface area contributed by atoms with Gasteiger partial charge in [0.15, 0.2) is 5.41 Å². The summed E-state index contributed by atoms with van der Waals surface area (Å²) in [5.74, 6) is 1.33. The number of esters is 2. The third-order valence-electron chi connectivity index (χ3n) is 4.29. The molecule has 2 fully saturated rings. The average Bonchev–Trinajstić information content (AvgIpc) is 2.89. The average molecular weight is 276 g/mol. The molecule has 1 aliphatic carbocycles. The van der Waals surface area contributed by atoms with Crippen LogP contribution in [-0.4, -0.2) is 24.6 Å². The van der Waals surface area contributed by atoms with E-state index in [1.165, 1.54) is 0 Å². The summed E-state index contributed by atoms with van der Waals surface area (Å²) < 4.78 is 10.5. The Balaban J connectivity index is 2.48. The fraction of sp³-hybridized carbons (Fsp3) is 0.625. The van der Waals surface area contributed by atoms with Gasteiger partial charge in [0.05, 0.1) is 6.61 Å². The maximum Gasteiger partial charge on any atom is 0.324 e. The van der Waals surface area contributed by atoms with Gasteiger partial charge >= 0.3 is 11.9 Å². The molecule has 0 spiro atoms. The van der Waals surface area contributed by atoms with Crippen LogP contribution in [0.4, 0.5) is 0 Å². The van der Waals surface area contributed by atoms with E-state index < -0.39 is 23.5 Å². The van der Waals surface area contributed by atoms with Crippen molar-refractivity contribution in [2.24, 2.45) is 11.3 Å². The van der Waals surface area contributed by atoms with Gasteiger partial charge in [-0.3, -0.25) is 9.59 Å². The Morgan fingerprint density at radius 1 is 1.55 bits per heavy atom. The zero-order chi connectivity index (χ0) is 14.9. The lowest BCUT2D eigenvalue weighted by atomic mass is 9.75. The summed E-state index contributed by atoms with van der Waals surface area (Å²) in [4.78, 5) is 24.7. The van der Waals surface area contributed by atoms with E-state index >= 15 is 0 Å². The van der Waals surface area contributed by atoms with E-state index in [1.807, 2.05) is 13.8 Å². The number of hydrogen-bond acceptors (Lipinski definition) is 4. The lowest BCUT2D eigenvalue weighted by Crippen LogP contribution is -2.40. The number of fused-ring (bicyclic) bond motifs is 1. The maximum atomic E-state index is 12.4. The highest BCUT2D eigenvalue weighted by Gasteiger charge is 2.66. The first-order valence-electron chi connectivity index (χ1n) is 6.97. The monoisotopic (exact) mass is 276 g/mol. The van der Waals surface area contributed by atoms with Crippen molar-refractivity contribution in [3.05, 3.63) is 11.1 Å². The normalized spacial score (nSPS) is 31.5. The van der Waals surface area contributed by atoms with Gasteiger partial charge in [-0.1, -0.05) is 11.1 Å². The lowest BCUT2D eigenvalue weighted by Gasteiger charge is -2.24. The summed E-state index contributed by atoms with van der Waals surface area (Å²) in [5.41, 5.74) is 1.06. The van der Waals surface area contributed by atoms with Gasteiger partial charge in [-0.15, -0.1) is 12.3 Å². The molecule has 4 heteroatoms. The molecule has 0 bridgehead atoms. The van der Waals surface area contributed by atoms with E-state index in [4.69, 9.17) is 15.9 Å². The van der Waals surface area contributed by atoms with Crippen LogP contribution < -0.4 is 0 Å². The van der Waals surface area contributed by atoms with Gasteiger partial charge < -0.3 is 9.47 Å². The third-order valence-corrected chi connectivity index (χ3v) is 4.29. The molecular weight excluding hydrogens is 256 g/mol. The fourth-order valence-corrected chi connectivity index (χ4v) is 3.43. The zero-order valence-electron chi connectivity index (χ0n) is 12.2. The molecule has 0 unspecified atom stereocenters. The second kappa shape index (κ2) is 5.32. The highest BCUT2D eigenvalue weighted by Crippen LogP contribution is 2.56. The van der Waals surface area contributed by atoms with Crippen LogP contribution >= 0.6 is 0 Å². The van der Waals surface area contributed by atoms with Crippen molar-refractivity contribution >= 4 is 11.9 Å². The summed E-state index contributed by atoms with van der Waals surface area (Å²) in [6.07, 6.45) is 6.46. The number of rotatable bonds is 3. The SMILES string of the molecule is C#CC[C@@H]1OC(=O)[C@@]2(C(=O)OCC)CCC(=C(C)C)[C@@H]12. The largest absolute Gasteiger partial charge is 0.465 e. The molecule has 3 atom stereocenters.